The summed E-state index contributed by atoms with van der Waals surface area (Å²) in [6.07, 6.45) is 3.67. The molecular weight excluding hydrogens is 134 g/mol. The van der Waals surface area contributed by atoms with Crippen molar-refractivity contribution in [3.8, 4) is 0 Å². The minimum Gasteiger partial charge on any atom is -0.265 e. The van der Waals surface area contributed by atoms with Crippen LogP contribution >= 0.6 is 0 Å². The smallest absolute Gasteiger partial charge is 0.0270 e. The second-order valence-corrected chi connectivity index (χ2v) is 3.49. The molecule has 0 aliphatic rings. The largest absolute Gasteiger partial charge is 0.265 e. The fourth-order valence-electron chi connectivity index (χ4n) is 0.852. The fraction of sp³-hybridized carbons (Fsp3) is 0.500. The molecule has 0 radical (unpaired) electrons. The first-order chi connectivity index (χ1) is 4.61. The molecule has 0 aromatic carbocycles. The highest BCUT2D eigenvalue weighted by atomic mass is 14.6. The quantitative estimate of drug-likeness (QED) is 0.555. The Labute approximate surface area is 69.5 Å². The molecule has 0 unspecified atom stereocenters. The lowest BCUT2D eigenvalue weighted by Gasteiger charge is -2.17. The summed E-state index contributed by atoms with van der Waals surface area (Å²) in [5, 5.41) is 0. The Balaban J connectivity index is 0.000001000. The van der Waals surface area contributed by atoms with E-state index in [0.29, 0.717) is 0 Å². The van der Waals surface area contributed by atoms with Gasteiger partial charge < -0.3 is 0 Å². The third kappa shape index (κ3) is 2.71. The normalized spacial score (nSPS) is 10.5. The molecule has 1 aromatic heterocycles. The Morgan fingerprint density at radius 2 is 1.55 bits per heavy atom. The zero-order chi connectivity index (χ0) is 7.61. The second-order valence-electron chi connectivity index (χ2n) is 3.49. The maximum absolute atomic E-state index is 3.96. The predicted molar refractivity (Wildman–Crippen MR) is 49.7 cm³/mol. The van der Waals surface area contributed by atoms with Crippen LogP contribution in [-0.2, 0) is 5.41 Å². The molecule has 0 saturated carbocycles. The van der Waals surface area contributed by atoms with E-state index in [-0.39, 0.29) is 12.8 Å². The van der Waals surface area contributed by atoms with Crippen molar-refractivity contribution in [2.45, 2.75) is 33.6 Å². The first-order valence-electron chi connectivity index (χ1n) is 3.51. The summed E-state index contributed by atoms with van der Waals surface area (Å²) in [6.45, 7) is 6.59. The van der Waals surface area contributed by atoms with Crippen LogP contribution < -0.4 is 0 Å². The Morgan fingerprint density at radius 3 is 1.82 bits per heavy atom. The van der Waals surface area contributed by atoms with Crippen molar-refractivity contribution in [3.05, 3.63) is 30.1 Å². The molecule has 0 aliphatic carbocycles. The van der Waals surface area contributed by atoms with Gasteiger partial charge in [-0.1, -0.05) is 28.2 Å². The van der Waals surface area contributed by atoms with E-state index in [4.69, 9.17) is 0 Å². The van der Waals surface area contributed by atoms with E-state index in [1.807, 2.05) is 12.4 Å². The molecule has 1 heterocycles. The maximum Gasteiger partial charge on any atom is 0.0270 e. The number of aromatic nitrogens is 1. The number of pyridine rings is 1. The molecule has 0 amide bonds. The van der Waals surface area contributed by atoms with Gasteiger partial charge in [-0.3, -0.25) is 4.98 Å². The highest BCUT2D eigenvalue weighted by molar-refractivity contribution is 5.18. The summed E-state index contributed by atoms with van der Waals surface area (Å²) in [6, 6.07) is 4.11. The van der Waals surface area contributed by atoms with Crippen LogP contribution in [0.25, 0.3) is 0 Å². The van der Waals surface area contributed by atoms with Crippen molar-refractivity contribution in [2.24, 2.45) is 0 Å². The Hall–Kier alpha value is -0.850. The van der Waals surface area contributed by atoms with Gasteiger partial charge in [-0.05, 0) is 23.1 Å². The number of nitrogens with zero attached hydrogens (tertiary/aromatic N) is 1. The second kappa shape index (κ2) is 3.51. The molecule has 1 aromatic rings. The molecule has 0 saturated heterocycles. The minimum atomic E-state index is 0. The summed E-state index contributed by atoms with van der Waals surface area (Å²) in [7, 11) is 0. The molecule has 1 nitrogen and oxygen atoms in total. The average Bonchev–Trinajstić information content (AvgIpc) is 1.88. The standard InChI is InChI=1S/C9H13N.CH4/c1-9(2,3)8-4-6-10-7-5-8;/h4-7H,1-3H3;1H4. The molecule has 11 heavy (non-hydrogen) atoms. The van der Waals surface area contributed by atoms with Gasteiger partial charge in [0.25, 0.3) is 0 Å². The summed E-state index contributed by atoms with van der Waals surface area (Å²) in [5.41, 5.74) is 1.59. The zero-order valence-electron chi connectivity index (χ0n) is 6.76. The van der Waals surface area contributed by atoms with Gasteiger partial charge in [0.15, 0.2) is 0 Å². The highest BCUT2D eigenvalue weighted by Gasteiger charge is 2.11. The van der Waals surface area contributed by atoms with E-state index in [9.17, 15) is 0 Å². The molecule has 0 spiro atoms. The Bertz CT molecular complexity index is 196. The predicted octanol–water partition coefficient (Wildman–Crippen LogP) is 3.02. The van der Waals surface area contributed by atoms with Crippen LogP contribution in [0.2, 0.25) is 0 Å². The van der Waals surface area contributed by atoms with E-state index in [1.54, 1.807) is 0 Å². The lowest BCUT2D eigenvalue weighted by Crippen LogP contribution is -2.10. The first kappa shape index (κ1) is 10.2. The van der Waals surface area contributed by atoms with E-state index < -0.39 is 0 Å². The van der Waals surface area contributed by atoms with E-state index in [0.717, 1.165) is 0 Å². The van der Waals surface area contributed by atoms with E-state index in [1.165, 1.54) is 5.56 Å². The zero-order valence-corrected chi connectivity index (χ0v) is 6.76. The van der Waals surface area contributed by atoms with Crippen molar-refractivity contribution in [3.63, 3.8) is 0 Å². The summed E-state index contributed by atoms with van der Waals surface area (Å²) in [5.74, 6) is 0. The maximum atomic E-state index is 3.96. The van der Waals surface area contributed by atoms with Crippen LogP contribution in [0.5, 0.6) is 0 Å². The molecule has 0 atom stereocenters. The third-order valence-corrected chi connectivity index (χ3v) is 1.55. The van der Waals surface area contributed by atoms with Crippen molar-refractivity contribution in [1.82, 2.24) is 4.98 Å². The van der Waals surface area contributed by atoms with Crippen molar-refractivity contribution >= 4 is 0 Å². The molecule has 0 aliphatic heterocycles. The Kier molecular flexibility index (Phi) is 3.24. The molecule has 0 fully saturated rings. The minimum absolute atomic E-state index is 0. The van der Waals surface area contributed by atoms with Gasteiger partial charge in [0.2, 0.25) is 0 Å². The molecule has 0 N–H and O–H groups in total. The number of rotatable bonds is 0. The van der Waals surface area contributed by atoms with Crippen LogP contribution in [0.3, 0.4) is 0 Å². The molecular formula is C10H17N. The summed E-state index contributed by atoms with van der Waals surface area (Å²) < 4.78 is 0. The van der Waals surface area contributed by atoms with Gasteiger partial charge in [0, 0.05) is 12.4 Å². The van der Waals surface area contributed by atoms with Crippen molar-refractivity contribution in [1.29, 1.82) is 0 Å². The number of hydrogen-bond acceptors (Lipinski definition) is 1. The molecule has 0 bridgehead atoms. The highest BCUT2D eigenvalue weighted by Crippen LogP contribution is 2.20. The summed E-state index contributed by atoms with van der Waals surface area (Å²) in [4.78, 5) is 3.96. The van der Waals surface area contributed by atoms with Crippen LogP contribution in [0.1, 0.15) is 33.8 Å². The monoisotopic (exact) mass is 151 g/mol. The van der Waals surface area contributed by atoms with Crippen LogP contribution in [0.15, 0.2) is 24.5 Å². The molecule has 1 heteroatoms. The van der Waals surface area contributed by atoms with E-state index >= 15 is 0 Å². The molecule has 62 valence electrons. The van der Waals surface area contributed by atoms with Gasteiger partial charge in [0.05, 0.1) is 0 Å². The first-order valence-corrected chi connectivity index (χ1v) is 3.51. The van der Waals surface area contributed by atoms with Gasteiger partial charge in [-0.25, -0.2) is 0 Å². The van der Waals surface area contributed by atoms with Crippen LogP contribution in [0, 0.1) is 0 Å². The van der Waals surface area contributed by atoms with Crippen molar-refractivity contribution in [2.75, 3.05) is 0 Å². The fourth-order valence-corrected chi connectivity index (χ4v) is 0.852. The SMILES string of the molecule is C.CC(C)(C)c1ccncc1. The lowest BCUT2D eigenvalue weighted by atomic mass is 9.88. The third-order valence-electron chi connectivity index (χ3n) is 1.55. The van der Waals surface area contributed by atoms with Crippen LogP contribution in [-0.4, -0.2) is 4.98 Å². The average molecular weight is 151 g/mol. The number of hydrogen-bond donors (Lipinski definition) is 0. The van der Waals surface area contributed by atoms with Gasteiger partial charge in [-0.15, -0.1) is 0 Å². The Morgan fingerprint density at radius 1 is 1.09 bits per heavy atom. The molecule has 1 rings (SSSR count). The summed E-state index contributed by atoms with van der Waals surface area (Å²) >= 11 is 0. The van der Waals surface area contributed by atoms with Gasteiger partial charge >= 0.3 is 0 Å². The topological polar surface area (TPSA) is 12.9 Å². The lowest BCUT2D eigenvalue weighted by molar-refractivity contribution is 0.589. The van der Waals surface area contributed by atoms with Gasteiger partial charge in [-0.2, -0.15) is 0 Å². The van der Waals surface area contributed by atoms with Gasteiger partial charge in [0.1, 0.15) is 0 Å². The van der Waals surface area contributed by atoms with Crippen LogP contribution in [0.4, 0.5) is 0 Å². The van der Waals surface area contributed by atoms with Crippen molar-refractivity contribution < 1.29 is 0 Å². The van der Waals surface area contributed by atoms with E-state index in [2.05, 4.69) is 37.9 Å².